The van der Waals surface area contributed by atoms with Crippen LogP contribution in [0.2, 0.25) is 0 Å². The van der Waals surface area contributed by atoms with Crippen molar-refractivity contribution in [1.29, 1.82) is 0 Å². The molecule has 0 fully saturated rings. The number of benzene rings is 2. The third kappa shape index (κ3) is 7.20. The maximum absolute atomic E-state index is 11.0. The first-order chi connectivity index (χ1) is 11.8. The van der Waals surface area contributed by atoms with Crippen LogP contribution in [0.3, 0.4) is 0 Å². The summed E-state index contributed by atoms with van der Waals surface area (Å²) in [6.45, 7) is 0. The number of carboxylic acids is 1. The summed E-state index contributed by atoms with van der Waals surface area (Å²) < 4.78 is 11.0. The second-order valence-electron chi connectivity index (χ2n) is 5.92. The molecule has 0 unspecified atom stereocenters. The van der Waals surface area contributed by atoms with Gasteiger partial charge in [0.2, 0.25) is 0 Å². The molecule has 0 aromatic heterocycles. The van der Waals surface area contributed by atoms with Crippen molar-refractivity contribution in [3.8, 4) is 11.1 Å². The Labute approximate surface area is 146 Å². The molecule has 0 aliphatic carbocycles. The lowest BCUT2D eigenvalue weighted by atomic mass is 9.99. The number of rotatable bonds is 9. The highest BCUT2D eigenvalue weighted by atomic mass is 31.2. The van der Waals surface area contributed by atoms with E-state index in [1.54, 1.807) is 0 Å². The number of hydrogen-bond donors (Lipinski definition) is 4. The van der Waals surface area contributed by atoms with E-state index >= 15 is 0 Å². The molecule has 4 N–H and O–H groups in total. The summed E-state index contributed by atoms with van der Waals surface area (Å²) in [5, 5.41) is 11.6. The first-order valence-corrected chi connectivity index (χ1v) is 9.77. The zero-order valence-corrected chi connectivity index (χ0v) is 14.6. The van der Waals surface area contributed by atoms with Crippen molar-refractivity contribution in [3.63, 3.8) is 0 Å². The molecule has 134 valence electrons. The van der Waals surface area contributed by atoms with Crippen molar-refractivity contribution in [2.75, 3.05) is 6.29 Å². The van der Waals surface area contributed by atoms with Gasteiger partial charge in [0.15, 0.2) is 0 Å². The topological polar surface area (TPSA) is 107 Å². The van der Waals surface area contributed by atoms with Crippen LogP contribution in [0, 0.1) is 0 Å². The highest BCUT2D eigenvalue weighted by Gasteiger charge is 2.18. The van der Waals surface area contributed by atoms with Gasteiger partial charge >= 0.3 is 13.6 Å². The molecule has 0 aliphatic heterocycles. The molecule has 0 aliphatic rings. The summed E-state index contributed by atoms with van der Waals surface area (Å²) >= 11 is 0. The monoisotopic (exact) mass is 363 g/mol. The van der Waals surface area contributed by atoms with Crippen LogP contribution in [0.15, 0.2) is 54.6 Å². The summed E-state index contributed by atoms with van der Waals surface area (Å²) in [6, 6.07) is 17.5. The fourth-order valence-corrected chi connectivity index (χ4v) is 3.07. The molecule has 1 atom stereocenters. The minimum Gasteiger partial charge on any atom is -0.481 e. The van der Waals surface area contributed by atoms with Gasteiger partial charge in [-0.1, -0.05) is 54.6 Å². The lowest BCUT2D eigenvalue weighted by Gasteiger charge is -2.19. The van der Waals surface area contributed by atoms with E-state index in [0.717, 1.165) is 16.7 Å². The number of nitrogens with one attached hydrogen (secondary N) is 1. The van der Waals surface area contributed by atoms with E-state index in [0.29, 0.717) is 12.8 Å². The summed E-state index contributed by atoms with van der Waals surface area (Å²) in [4.78, 5) is 28.8. The highest BCUT2D eigenvalue weighted by molar-refractivity contribution is 7.51. The predicted molar refractivity (Wildman–Crippen MR) is 96.3 cm³/mol. The molecule has 2 aromatic carbocycles. The Balaban J connectivity index is 2.03. The van der Waals surface area contributed by atoms with Crippen molar-refractivity contribution in [2.45, 2.75) is 25.3 Å². The van der Waals surface area contributed by atoms with Crippen molar-refractivity contribution in [2.24, 2.45) is 0 Å². The van der Waals surface area contributed by atoms with Crippen LogP contribution in [-0.2, 0) is 15.8 Å². The molecule has 0 saturated carbocycles. The molecule has 0 heterocycles. The zero-order chi connectivity index (χ0) is 18.3. The largest absolute Gasteiger partial charge is 0.481 e. The molecular formula is C18H22NO5P. The molecule has 2 aromatic rings. The lowest BCUT2D eigenvalue weighted by Crippen LogP contribution is -2.32. The second kappa shape index (κ2) is 8.92. The van der Waals surface area contributed by atoms with E-state index < -0.39 is 19.9 Å². The lowest BCUT2D eigenvalue weighted by molar-refractivity contribution is -0.137. The van der Waals surface area contributed by atoms with Crippen LogP contribution in [0.4, 0.5) is 0 Å². The van der Waals surface area contributed by atoms with Gasteiger partial charge in [0.1, 0.15) is 0 Å². The van der Waals surface area contributed by atoms with Gasteiger partial charge in [-0.2, -0.15) is 0 Å². The van der Waals surface area contributed by atoms with E-state index in [2.05, 4.69) is 5.32 Å². The average molecular weight is 363 g/mol. The molecule has 6 nitrogen and oxygen atoms in total. The van der Waals surface area contributed by atoms with Crippen LogP contribution in [-0.4, -0.2) is 33.2 Å². The molecule has 0 radical (unpaired) electrons. The molecule has 0 saturated heterocycles. The maximum Gasteiger partial charge on any atom is 0.339 e. The van der Waals surface area contributed by atoms with E-state index in [1.807, 2.05) is 54.6 Å². The van der Waals surface area contributed by atoms with Gasteiger partial charge in [0, 0.05) is 12.5 Å². The molecule has 0 amide bonds. The summed E-state index contributed by atoms with van der Waals surface area (Å²) in [7, 11) is -4.18. The van der Waals surface area contributed by atoms with Crippen molar-refractivity contribution in [3.05, 3.63) is 60.2 Å². The van der Waals surface area contributed by atoms with E-state index in [4.69, 9.17) is 14.9 Å². The average Bonchev–Trinajstić information content (AvgIpc) is 2.58. The molecule has 0 spiro atoms. The number of carbonyl (C=O) groups is 1. The third-order valence-corrected chi connectivity index (χ3v) is 4.43. The van der Waals surface area contributed by atoms with Gasteiger partial charge in [-0.15, -0.1) is 0 Å². The number of aliphatic carboxylic acids is 1. The van der Waals surface area contributed by atoms with Crippen LogP contribution < -0.4 is 5.32 Å². The first-order valence-electron chi connectivity index (χ1n) is 7.97. The van der Waals surface area contributed by atoms with Crippen molar-refractivity contribution < 1.29 is 24.3 Å². The molecule has 0 bridgehead atoms. The van der Waals surface area contributed by atoms with Gasteiger partial charge in [-0.3, -0.25) is 9.36 Å². The minimum atomic E-state index is -4.18. The number of hydrogen-bond acceptors (Lipinski definition) is 3. The predicted octanol–water partition coefficient (Wildman–Crippen LogP) is 2.85. The molecule has 2 rings (SSSR count). The Morgan fingerprint density at radius 3 is 2.16 bits per heavy atom. The molecule has 25 heavy (non-hydrogen) atoms. The first kappa shape index (κ1) is 19.3. The Kier molecular flexibility index (Phi) is 6.91. The van der Waals surface area contributed by atoms with Gasteiger partial charge in [0.25, 0.3) is 0 Å². The molecular weight excluding hydrogens is 341 g/mol. The summed E-state index contributed by atoms with van der Waals surface area (Å²) in [5.41, 5.74) is 3.17. The number of carboxylic acid groups (broad SMARTS) is 1. The van der Waals surface area contributed by atoms with Crippen LogP contribution in [0.1, 0.15) is 18.4 Å². The van der Waals surface area contributed by atoms with Gasteiger partial charge < -0.3 is 20.2 Å². The van der Waals surface area contributed by atoms with Crippen LogP contribution in [0.25, 0.3) is 11.1 Å². The van der Waals surface area contributed by atoms with Crippen LogP contribution in [0.5, 0.6) is 0 Å². The van der Waals surface area contributed by atoms with E-state index in [-0.39, 0.29) is 12.5 Å². The normalized spacial score (nSPS) is 12.7. The fraction of sp³-hybridized carbons (Fsp3) is 0.278. The maximum atomic E-state index is 11.0. The van der Waals surface area contributed by atoms with Gasteiger partial charge in [-0.25, -0.2) is 0 Å². The Hall–Kier alpha value is -1.98. The Bertz CT molecular complexity index is 727. The van der Waals surface area contributed by atoms with Gasteiger partial charge in [-0.05, 0) is 29.5 Å². The minimum absolute atomic E-state index is 0.0546. The SMILES string of the molecule is O=C(O)CC[C@H](Cc1ccc(-c2ccccc2)cc1)NCP(=O)(O)O. The van der Waals surface area contributed by atoms with Crippen LogP contribution >= 0.6 is 7.60 Å². The van der Waals surface area contributed by atoms with E-state index in [1.165, 1.54) is 0 Å². The second-order valence-corrected chi connectivity index (χ2v) is 7.57. The highest BCUT2D eigenvalue weighted by Crippen LogP contribution is 2.32. The van der Waals surface area contributed by atoms with Gasteiger partial charge in [0.05, 0.1) is 6.29 Å². The van der Waals surface area contributed by atoms with Crippen molar-refractivity contribution in [1.82, 2.24) is 5.32 Å². The summed E-state index contributed by atoms with van der Waals surface area (Å²) in [5.74, 6) is -0.928. The Morgan fingerprint density at radius 2 is 1.60 bits per heavy atom. The molecule has 7 heteroatoms. The quantitative estimate of drug-likeness (QED) is 0.511. The van der Waals surface area contributed by atoms with E-state index in [9.17, 15) is 9.36 Å². The standard InChI is InChI=1S/C18H22NO5P/c20-18(21)11-10-17(19-13-25(22,23)24)12-14-6-8-16(9-7-14)15-4-2-1-3-5-15/h1-9,17,19H,10-13H2,(H,20,21)(H2,22,23,24)/t17-/m1/s1. The van der Waals surface area contributed by atoms with Crippen molar-refractivity contribution >= 4 is 13.6 Å². The smallest absolute Gasteiger partial charge is 0.339 e. The third-order valence-electron chi connectivity index (χ3n) is 3.84. The Morgan fingerprint density at radius 1 is 1.00 bits per heavy atom. The zero-order valence-electron chi connectivity index (χ0n) is 13.7. The fourth-order valence-electron chi connectivity index (χ4n) is 2.57. The summed E-state index contributed by atoms with van der Waals surface area (Å²) in [6.07, 6.45) is 0.290.